The topological polar surface area (TPSA) is 76.3 Å². The summed E-state index contributed by atoms with van der Waals surface area (Å²) < 4.78 is 7.34. The first kappa shape index (κ1) is 18.9. The fourth-order valence-electron chi connectivity index (χ4n) is 3.30. The molecule has 0 saturated carbocycles. The second-order valence-corrected chi connectivity index (χ2v) is 7.09. The second-order valence-electron chi connectivity index (χ2n) is 7.09. The monoisotopic (exact) mass is 359 g/mol. The van der Waals surface area contributed by atoms with E-state index in [2.05, 4.69) is 27.3 Å². The number of aryl methyl sites for hydroxylation is 1. The first-order valence-electron chi connectivity index (χ1n) is 9.45. The largest absolute Gasteiger partial charge is 0.387 e. The zero-order valence-electron chi connectivity index (χ0n) is 15.7. The molecule has 0 amide bonds. The maximum Gasteiger partial charge on any atom is 0.165 e. The van der Waals surface area contributed by atoms with Gasteiger partial charge in [-0.1, -0.05) is 36.8 Å². The first-order chi connectivity index (χ1) is 12.7. The molecule has 1 N–H and O–H groups in total. The van der Waals surface area contributed by atoms with E-state index in [-0.39, 0.29) is 0 Å². The normalized spacial score (nSPS) is 16.9. The van der Waals surface area contributed by atoms with Crippen LogP contribution in [0.1, 0.15) is 42.8 Å². The van der Waals surface area contributed by atoms with Gasteiger partial charge in [0.25, 0.3) is 0 Å². The van der Waals surface area contributed by atoms with Gasteiger partial charge in [-0.25, -0.2) is 4.68 Å². The number of aromatic nitrogens is 4. The van der Waals surface area contributed by atoms with Crippen molar-refractivity contribution >= 4 is 0 Å². The van der Waals surface area contributed by atoms with Gasteiger partial charge in [0, 0.05) is 26.3 Å². The number of ether oxygens (including phenoxy) is 1. The third-order valence-corrected chi connectivity index (χ3v) is 5.08. The van der Waals surface area contributed by atoms with Crippen molar-refractivity contribution in [3.05, 3.63) is 41.2 Å². The van der Waals surface area contributed by atoms with Gasteiger partial charge in [0.05, 0.1) is 12.6 Å². The van der Waals surface area contributed by atoms with Crippen LogP contribution in [0, 0.1) is 12.8 Å². The highest BCUT2D eigenvalue weighted by Crippen LogP contribution is 2.18. The maximum absolute atomic E-state index is 10.6. The quantitative estimate of drug-likeness (QED) is 0.776. The van der Waals surface area contributed by atoms with Crippen LogP contribution in [0.5, 0.6) is 0 Å². The number of hydrogen-bond donors (Lipinski definition) is 1. The standard InChI is InChI=1S/C19H29N5O2/c1-3-23(13-18(25)17-6-4-15(2)5-7-17)14-19-20-21-22-24(19)12-16-8-10-26-11-9-16/h4-7,16,18,25H,3,8-14H2,1-2H3. The molecule has 7 heteroatoms. The third kappa shape index (κ3) is 5.09. The number of aliphatic hydroxyl groups is 1. The van der Waals surface area contributed by atoms with Crippen LogP contribution in [0.3, 0.4) is 0 Å². The number of hydrogen-bond acceptors (Lipinski definition) is 6. The molecule has 1 aromatic heterocycles. The number of rotatable bonds is 8. The Bertz CT molecular complexity index is 667. The van der Waals surface area contributed by atoms with E-state index in [1.165, 1.54) is 5.56 Å². The Morgan fingerprint density at radius 1 is 1.27 bits per heavy atom. The minimum absolute atomic E-state index is 0.518. The minimum Gasteiger partial charge on any atom is -0.387 e. The lowest BCUT2D eigenvalue weighted by molar-refractivity contribution is 0.0590. The lowest BCUT2D eigenvalue weighted by atomic mass is 10.0. The van der Waals surface area contributed by atoms with E-state index in [1.807, 2.05) is 35.9 Å². The Hall–Kier alpha value is -1.83. The van der Waals surface area contributed by atoms with Gasteiger partial charge in [0.15, 0.2) is 5.82 Å². The zero-order chi connectivity index (χ0) is 18.4. The molecular formula is C19H29N5O2. The molecule has 2 aromatic rings. The molecule has 1 atom stereocenters. The van der Waals surface area contributed by atoms with E-state index in [4.69, 9.17) is 4.74 Å². The summed E-state index contributed by atoms with van der Waals surface area (Å²) in [6, 6.07) is 8.04. The Labute approximate surface area is 155 Å². The molecule has 1 fully saturated rings. The van der Waals surface area contributed by atoms with Crippen molar-refractivity contribution < 1.29 is 9.84 Å². The number of aliphatic hydroxyl groups excluding tert-OH is 1. The molecule has 26 heavy (non-hydrogen) atoms. The van der Waals surface area contributed by atoms with Crippen molar-refractivity contribution in [3.63, 3.8) is 0 Å². The molecule has 1 aliphatic rings. The van der Waals surface area contributed by atoms with Gasteiger partial charge >= 0.3 is 0 Å². The van der Waals surface area contributed by atoms with E-state index in [1.54, 1.807) is 0 Å². The van der Waals surface area contributed by atoms with Gasteiger partial charge in [0.1, 0.15) is 0 Å². The van der Waals surface area contributed by atoms with Crippen LogP contribution in [0.25, 0.3) is 0 Å². The average Bonchev–Trinajstić information content (AvgIpc) is 3.09. The van der Waals surface area contributed by atoms with E-state index < -0.39 is 6.10 Å². The van der Waals surface area contributed by atoms with Crippen LogP contribution >= 0.6 is 0 Å². The van der Waals surface area contributed by atoms with Gasteiger partial charge in [0.2, 0.25) is 0 Å². The lowest BCUT2D eigenvalue weighted by Crippen LogP contribution is -2.30. The summed E-state index contributed by atoms with van der Waals surface area (Å²) >= 11 is 0. The molecule has 3 rings (SSSR count). The summed E-state index contributed by atoms with van der Waals surface area (Å²) in [4.78, 5) is 2.18. The average molecular weight is 359 g/mol. The molecule has 1 unspecified atom stereocenters. The van der Waals surface area contributed by atoms with E-state index in [0.717, 1.165) is 50.5 Å². The van der Waals surface area contributed by atoms with Gasteiger partial charge in [-0.05, 0) is 48.2 Å². The zero-order valence-corrected chi connectivity index (χ0v) is 15.7. The van der Waals surface area contributed by atoms with E-state index in [9.17, 15) is 5.11 Å². The first-order valence-corrected chi connectivity index (χ1v) is 9.45. The predicted octanol–water partition coefficient (Wildman–Crippen LogP) is 1.96. The van der Waals surface area contributed by atoms with Crippen molar-refractivity contribution in [2.24, 2.45) is 5.92 Å². The number of nitrogens with zero attached hydrogens (tertiary/aromatic N) is 5. The van der Waals surface area contributed by atoms with Gasteiger partial charge in [-0.2, -0.15) is 0 Å². The molecule has 7 nitrogen and oxygen atoms in total. The van der Waals surface area contributed by atoms with Crippen molar-refractivity contribution in [1.29, 1.82) is 0 Å². The Morgan fingerprint density at radius 2 is 2.00 bits per heavy atom. The summed E-state index contributed by atoms with van der Waals surface area (Å²) in [7, 11) is 0. The fourth-order valence-corrected chi connectivity index (χ4v) is 3.30. The van der Waals surface area contributed by atoms with Crippen LogP contribution in [0.15, 0.2) is 24.3 Å². The molecular weight excluding hydrogens is 330 g/mol. The Kier molecular flexibility index (Phi) is 6.71. The lowest BCUT2D eigenvalue weighted by Gasteiger charge is -2.25. The molecule has 142 valence electrons. The van der Waals surface area contributed by atoms with Crippen LogP contribution in [-0.4, -0.2) is 56.5 Å². The number of likely N-dealkylation sites (N-methyl/N-ethyl adjacent to an activating group) is 1. The van der Waals surface area contributed by atoms with E-state index in [0.29, 0.717) is 19.0 Å². The molecule has 0 bridgehead atoms. The smallest absolute Gasteiger partial charge is 0.165 e. The minimum atomic E-state index is -0.518. The molecule has 0 aliphatic carbocycles. The second kappa shape index (κ2) is 9.21. The summed E-state index contributed by atoms with van der Waals surface area (Å²) in [6.45, 7) is 8.65. The molecule has 2 heterocycles. The molecule has 1 aromatic carbocycles. The molecule has 1 saturated heterocycles. The highest BCUT2D eigenvalue weighted by atomic mass is 16.5. The van der Waals surface area contributed by atoms with Crippen LogP contribution in [-0.2, 0) is 17.8 Å². The van der Waals surface area contributed by atoms with Gasteiger partial charge in [-0.15, -0.1) is 5.10 Å². The predicted molar refractivity (Wildman–Crippen MR) is 98.4 cm³/mol. The summed E-state index contributed by atoms with van der Waals surface area (Å²) in [5, 5.41) is 22.8. The van der Waals surface area contributed by atoms with Crippen molar-refractivity contribution in [1.82, 2.24) is 25.1 Å². The molecule has 0 spiro atoms. The van der Waals surface area contributed by atoms with Crippen molar-refractivity contribution in [3.8, 4) is 0 Å². The number of benzene rings is 1. The van der Waals surface area contributed by atoms with Crippen molar-refractivity contribution in [2.75, 3.05) is 26.3 Å². The molecule has 1 aliphatic heterocycles. The highest BCUT2D eigenvalue weighted by Gasteiger charge is 2.19. The van der Waals surface area contributed by atoms with Crippen molar-refractivity contribution in [2.45, 2.75) is 45.9 Å². The van der Waals surface area contributed by atoms with Crippen LogP contribution in [0.4, 0.5) is 0 Å². The summed E-state index contributed by atoms with van der Waals surface area (Å²) in [5.74, 6) is 1.42. The maximum atomic E-state index is 10.6. The molecule has 0 radical (unpaired) electrons. The van der Waals surface area contributed by atoms with Gasteiger partial charge in [-0.3, -0.25) is 4.90 Å². The number of tetrazole rings is 1. The summed E-state index contributed by atoms with van der Waals surface area (Å²) in [5.41, 5.74) is 2.14. The Balaban J connectivity index is 1.59. The van der Waals surface area contributed by atoms with Crippen LogP contribution < -0.4 is 0 Å². The highest BCUT2D eigenvalue weighted by molar-refractivity contribution is 5.23. The van der Waals surface area contributed by atoms with Gasteiger partial charge < -0.3 is 9.84 Å². The summed E-state index contributed by atoms with van der Waals surface area (Å²) in [6.07, 6.45) is 1.60. The fraction of sp³-hybridized carbons (Fsp3) is 0.632. The third-order valence-electron chi connectivity index (χ3n) is 5.08. The SMILES string of the molecule is CCN(Cc1nnnn1CC1CCOCC1)CC(O)c1ccc(C)cc1. The Morgan fingerprint density at radius 3 is 2.69 bits per heavy atom. The van der Waals surface area contributed by atoms with Crippen LogP contribution in [0.2, 0.25) is 0 Å². The van der Waals surface area contributed by atoms with E-state index >= 15 is 0 Å².